The Hall–Kier alpha value is -3.19. The number of methoxy groups -OCH3 is 1. The molecule has 0 aliphatic carbocycles. The molecule has 0 bridgehead atoms. The lowest BCUT2D eigenvalue weighted by Crippen LogP contribution is -2.46. The van der Waals surface area contributed by atoms with E-state index in [1.807, 2.05) is 24.3 Å². The van der Waals surface area contributed by atoms with Crippen molar-refractivity contribution >= 4 is 22.9 Å². The Morgan fingerprint density at radius 3 is 2.47 bits per heavy atom. The number of nitrogens with one attached hydrogen (secondary N) is 1. The first-order valence-corrected chi connectivity index (χ1v) is 12.0. The number of benzene rings is 2. The minimum atomic E-state index is -0.175. The van der Waals surface area contributed by atoms with Gasteiger partial charge < -0.3 is 19.5 Å². The lowest BCUT2D eigenvalue weighted by Gasteiger charge is -2.37. The van der Waals surface area contributed by atoms with Gasteiger partial charge in [-0.1, -0.05) is 37.2 Å². The summed E-state index contributed by atoms with van der Waals surface area (Å²) in [4.78, 5) is 6.95. The predicted molar refractivity (Wildman–Crippen MR) is 139 cm³/mol. The third kappa shape index (κ3) is 4.85. The minimum Gasteiger partial charge on any atom is -0.497 e. The summed E-state index contributed by atoms with van der Waals surface area (Å²) in [6.45, 7) is 11.6. The molecule has 0 radical (unpaired) electrons. The first kappa shape index (κ1) is 24.0. The van der Waals surface area contributed by atoms with Gasteiger partial charge >= 0.3 is 0 Å². The maximum atomic E-state index is 5.84. The van der Waals surface area contributed by atoms with Crippen LogP contribution in [0, 0.1) is 19.8 Å². The van der Waals surface area contributed by atoms with Crippen molar-refractivity contribution in [2.75, 3.05) is 13.7 Å². The van der Waals surface area contributed by atoms with Crippen LogP contribution in [0.15, 0.2) is 52.7 Å². The Balaban J connectivity index is 1.78. The molecule has 7 heteroatoms. The normalized spacial score (nSPS) is 16.3. The molecule has 0 saturated heterocycles. The van der Waals surface area contributed by atoms with Crippen LogP contribution >= 0.6 is 12.2 Å². The fraction of sp³-hybridized carbons (Fsp3) is 0.370. The minimum absolute atomic E-state index is 0.175. The Kier molecular flexibility index (Phi) is 7.03. The second kappa shape index (κ2) is 9.97. The third-order valence-corrected chi connectivity index (χ3v) is 6.73. The number of hydrogen-bond acceptors (Lipinski definition) is 5. The average molecular weight is 477 g/mol. The highest BCUT2D eigenvalue weighted by Crippen LogP contribution is 2.38. The van der Waals surface area contributed by atoms with Gasteiger partial charge in [-0.2, -0.15) is 4.98 Å². The number of aryl methyl sites for hydroxylation is 2. The maximum Gasteiger partial charge on any atom is 0.258 e. The highest BCUT2D eigenvalue weighted by atomic mass is 32.1. The summed E-state index contributed by atoms with van der Waals surface area (Å²) in [5, 5.41) is 8.56. The van der Waals surface area contributed by atoms with Gasteiger partial charge in [0.25, 0.3) is 5.89 Å². The van der Waals surface area contributed by atoms with Gasteiger partial charge in [-0.15, -0.1) is 0 Å². The van der Waals surface area contributed by atoms with Crippen LogP contribution < -0.4 is 10.1 Å². The summed E-state index contributed by atoms with van der Waals surface area (Å²) in [6.07, 6.45) is 1.03. The quantitative estimate of drug-likeness (QED) is 0.415. The van der Waals surface area contributed by atoms with Crippen LogP contribution in [0.2, 0.25) is 0 Å². The monoisotopic (exact) mass is 476 g/mol. The van der Waals surface area contributed by atoms with E-state index in [1.165, 1.54) is 11.1 Å². The van der Waals surface area contributed by atoms with Crippen LogP contribution in [0.3, 0.4) is 0 Å². The Bertz CT molecular complexity index is 1210. The van der Waals surface area contributed by atoms with Gasteiger partial charge in [-0.25, -0.2) is 0 Å². The topological polar surface area (TPSA) is 63.4 Å². The number of allylic oxidation sites excluding steroid dienone is 1. The molecule has 4 rings (SSSR count). The summed E-state index contributed by atoms with van der Waals surface area (Å²) in [7, 11) is 1.65. The fourth-order valence-corrected chi connectivity index (χ4v) is 4.45. The van der Waals surface area contributed by atoms with Crippen LogP contribution in [-0.4, -0.2) is 33.8 Å². The van der Waals surface area contributed by atoms with Crippen LogP contribution in [-0.2, 0) is 0 Å². The van der Waals surface area contributed by atoms with E-state index in [0.717, 1.165) is 46.2 Å². The molecule has 2 heterocycles. The first-order valence-electron chi connectivity index (χ1n) is 11.6. The van der Waals surface area contributed by atoms with Gasteiger partial charge in [0.05, 0.1) is 18.7 Å². The molecule has 1 aromatic heterocycles. The van der Waals surface area contributed by atoms with Gasteiger partial charge in [0, 0.05) is 17.8 Å². The average Bonchev–Trinajstić information content (AvgIpc) is 3.30. The van der Waals surface area contributed by atoms with E-state index < -0.39 is 0 Å². The molecule has 1 N–H and O–H groups in total. The van der Waals surface area contributed by atoms with Crippen molar-refractivity contribution in [3.05, 3.63) is 70.7 Å². The highest BCUT2D eigenvalue weighted by Gasteiger charge is 2.34. The molecule has 1 atom stereocenters. The number of thiocarbonyl (C=S) groups is 1. The smallest absolute Gasteiger partial charge is 0.258 e. The molecular weight excluding hydrogens is 444 g/mol. The molecule has 6 nitrogen and oxygen atoms in total. The Labute approximate surface area is 207 Å². The SMILES string of the molecule is COc1ccc(-c2noc(C3=C(C)N(CCC(C)C)C(=S)NC3c3ccc(C)c(C)c3)n2)cc1. The second-order valence-corrected chi connectivity index (χ2v) is 9.60. The van der Waals surface area contributed by atoms with Gasteiger partial charge in [0.15, 0.2) is 5.11 Å². The second-order valence-electron chi connectivity index (χ2n) is 9.21. The van der Waals surface area contributed by atoms with Crippen molar-refractivity contribution in [1.29, 1.82) is 0 Å². The predicted octanol–water partition coefficient (Wildman–Crippen LogP) is 6.07. The van der Waals surface area contributed by atoms with Crippen molar-refractivity contribution in [2.45, 2.75) is 47.1 Å². The van der Waals surface area contributed by atoms with Gasteiger partial charge in [0.1, 0.15) is 5.75 Å². The number of rotatable bonds is 7. The molecule has 0 fully saturated rings. The molecule has 0 amide bonds. The van der Waals surface area contributed by atoms with Gasteiger partial charge in [-0.3, -0.25) is 0 Å². The number of aromatic nitrogens is 2. The van der Waals surface area contributed by atoms with E-state index in [0.29, 0.717) is 17.6 Å². The van der Waals surface area contributed by atoms with Crippen molar-refractivity contribution in [1.82, 2.24) is 20.4 Å². The summed E-state index contributed by atoms with van der Waals surface area (Å²) in [6, 6.07) is 13.9. The highest BCUT2D eigenvalue weighted by molar-refractivity contribution is 7.80. The maximum absolute atomic E-state index is 5.84. The lowest BCUT2D eigenvalue weighted by molar-refractivity contribution is 0.390. The van der Waals surface area contributed by atoms with Crippen molar-refractivity contribution in [2.24, 2.45) is 5.92 Å². The van der Waals surface area contributed by atoms with E-state index in [-0.39, 0.29) is 6.04 Å². The van der Waals surface area contributed by atoms with Gasteiger partial charge in [0.2, 0.25) is 5.82 Å². The molecule has 1 unspecified atom stereocenters. The first-order chi connectivity index (χ1) is 16.3. The molecule has 3 aromatic rings. The third-order valence-electron chi connectivity index (χ3n) is 6.40. The largest absolute Gasteiger partial charge is 0.497 e. The van der Waals surface area contributed by atoms with Crippen molar-refractivity contribution in [3.63, 3.8) is 0 Å². The fourth-order valence-electron chi connectivity index (χ4n) is 4.10. The zero-order chi connectivity index (χ0) is 24.4. The summed E-state index contributed by atoms with van der Waals surface area (Å²) in [5.74, 6) is 2.39. The molecule has 34 heavy (non-hydrogen) atoms. The van der Waals surface area contributed by atoms with Gasteiger partial charge in [-0.05, 0) is 86.3 Å². The molecule has 2 aromatic carbocycles. The summed E-state index contributed by atoms with van der Waals surface area (Å²) in [5.41, 5.74) is 6.46. The number of nitrogens with zero attached hydrogens (tertiary/aromatic N) is 3. The number of hydrogen-bond donors (Lipinski definition) is 1. The van der Waals surface area contributed by atoms with Crippen LogP contribution in [0.5, 0.6) is 5.75 Å². The van der Waals surface area contributed by atoms with Crippen molar-refractivity contribution in [3.8, 4) is 17.1 Å². The Morgan fingerprint density at radius 1 is 1.09 bits per heavy atom. The summed E-state index contributed by atoms with van der Waals surface area (Å²) < 4.78 is 11.1. The lowest BCUT2D eigenvalue weighted by atomic mass is 9.92. The molecule has 178 valence electrons. The van der Waals surface area contributed by atoms with E-state index >= 15 is 0 Å². The van der Waals surface area contributed by atoms with E-state index in [4.69, 9.17) is 26.5 Å². The Morgan fingerprint density at radius 2 is 1.82 bits per heavy atom. The van der Waals surface area contributed by atoms with Crippen LogP contribution in [0.1, 0.15) is 55.8 Å². The van der Waals surface area contributed by atoms with Crippen molar-refractivity contribution < 1.29 is 9.26 Å². The van der Waals surface area contributed by atoms with Crippen LogP contribution in [0.25, 0.3) is 17.0 Å². The van der Waals surface area contributed by atoms with Crippen LogP contribution in [0.4, 0.5) is 0 Å². The van der Waals surface area contributed by atoms with E-state index in [2.05, 4.69) is 68.2 Å². The number of ether oxygens (including phenoxy) is 1. The van der Waals surface area contributed by atoms with E-state index in [1.54, 1.807) is 7.11 Å². The zero-order valence-corrected chi connectivity index (χ0v) is 21.5. The molecule has 1 aliphatic heterocycles. The van der Waals surface area contributed by atoms with E-state index in [9.17, 15) is 0 Å². The zero-order valence-electron chi connectivity index (χ0n) is 20.7. The molecule has 1 aliphatic rings. The molecular formula is C27H32N4O2S. The molecule has 0 spiro atoms. The molecule has 0 saturated carbocycles. The summed E-state index contributed by atoms with van der Waals surface area (Å²) >= 11 is 5.80. The standard InChI is InChI=1S/C27H32N4O2S/c1-16(2)13-14-31-19(5)23(24(28-27(31)34)21-8-7-17(3)18(4)15-21)26-29-25(30-33-26)20-9-11-22(32-6)12-10-20/h7-12,15-16,24H,13-14H2,1-6H3,(H,28,34).